The van der Waals surface area contributed by atoms with Crippen LogP contribution in [0.4, 0.5) is 0 Å². The van der Waals surface area contributed by atoms with Gasteiger partial charge in [-0.15, -0.1) is 0 Å². The fourth-order valence-electron chi connectivity index (χ4n) is 1.29. The molecule has 0 saturated heterocycles. The van der Waals surface area contributed by atoms with E-state index < -0.39 is 30.4 Å². The number of unbranched alkanes of at least 4 members (excludes halogenated alkanes) is 1. The van der Waals surface area contributed by atoms with Crippen molar-refractivity contribution in [1.82, 2.24) is 10.6 Å². The SMILES string of the molecule is [2H]NCC(=O)N[C@@H](CCCCN)C(=O)NCC(=O)O. The van der Waals surface area contributed by atoms with Crippen LogP contribution in [0.2, 0.25) is 1.41 Å². The van der Waals surface area contributed by atoms with Crippen molar-refractivity contribution in [3.8, 4) is 0 Å². The molecular weight excluding hydrogens is 240 g/mol. The number of carbonyl (C=O) groups excluding carboxylic acids is 2. The smallest absolute Gasteiger partial charge is 0.322 e. The number of amides is 2. The minimum absolute atomic E-state index is 0.237. The normalized spacial score (nSPS) is 12.4. The van der Waals surface area contributed by atoms with Gasteiger partial charge in [0.1, 0.15) is 14.0 Å². The second kappa shape index (κ2) is 9.37. The summed E-state index contributed by atoms with van der Waals surface area (Å²) in [6, 6.07) is -0.813. The van der Waals surface area contributed by atoms with Crippen LogP contribution in [0.15, 0.2) is 0 Å². The van der Waals surface area contributed by atoms with Crippen molar-refractivity contribution in [2.45, 2.75) is 25.3 Å². The average Bonchev–Trinajstić information content (AvgIpc) is 2.35. The predicted octanol–water partition coefficient (Wildman–Crippen LogP) is -2.24. The number of hydrogen-bond donors (Lipinski definition) is 5. The molecule has 0 aliphatic rings. The fourth-order valence-corrected chi connectivity index (χ4v) is 1.29. The molecule has 0 heterocycles. The van der Waals surface area contributed by atoms with Crippen molar-refractivity contribution in [2.75, 3.05) is 19.6 Å². The van der Waals surface area contributed by atoms with Crippen molar-refractivity contribution in [3.63, 3.8) is 0 Å². The van der Waals surface area contributed by atoms with Crippen LogP contribution in [0.3, 0.4) is 0 Å². The number of hydrogen-bond acceptors (Lipinski definition) is 5. The van der Waals surface area contributed by atoms with Crippen molar-refractivity contribution >= 4 is 17.8 Å². The molecule has 0 spiro atoms. The van der Waals surface area contributed by atoms with Crippen LogP contribution in [0.5, 0.6) is 0 Å². The van der Waals surface area contributed by atoms with Crippen LogP contribution in [-0.2, 0) is 14.4 Å². The van der Waals surface area contributed by atoms with Gasteiger partial charge in [0.2, 0.25) is 11.8 Å². The highest BCUT2D eigenvalue weighted by Crippen LogP contribution is 2.00. The molecule has 0 saturated carbocycles. The third kappa shape index (κ3) is 7.58. The summed E-state index contributed by atoms with van der Waals surface area (Å²) in [4.78, 5) is 33.4. The lowest BCUT2D eigenvalue weighted by Gasteiger charge is -2.17. The summed E-state index contributed by atoms with van der Waals surface area (Å²) >= 11 is 0. The van der Waals surface area contributed by atoms with Gasteiger partial charge < -0.3 is 27.2 Å². The third-order valence-corrected chi connectivity index (χ3v) is 2.17. The number of rotatable bonds is 10. The van der Waals surface area contributed by atoms with Gasteiger partial charge in [-0.2, -0.15) is 0 Å². The maximum Gasteiger partial charge on any atom is 0.322 e. The summed E-state index contributed by atoms with van der Waals surface area (Å²) in [6.45, 7) is -0.260. The number of carboxylic acid groups (broad SMARTS) is 1. The zero-order valence-corrected chi connectivity index (χ0v) is 10.1. The van der Waals surface area contributed by atoms with E-state index in [-0.39, 0.29) is 6.54 Å². The molecule has 104 valence electrons. The van der Waals surface area contributed by atoms with E-state index in [0.29, 0.717) is 25.8 Å². The number of aliphatic carboxylic acids is 1. The number of nitrogens with one attached hydrogen (secondary N) is 2. The first kappa shape index (κ1) is 14.4. The lowest BCUT2D eigenvalue weighted by Crippen LogP contribution is -2.49. The van der Waals surface area contributed by atoms with Gasteiger partial charge >= 0.3 is 5.97 Å². The van der Waals surface area contributed by atoms with Crippen molar-refractivity contribution < 1.29 is 20.9 Å². The van der Waals surface area contributed by atoms with E-state index in [1.807, 2.05) is 5.73 Å². The van der Waals surface area contributed by atoms with Crippen LogP contribution in [0.1, 0.15) is 19.3 Å². The molecule has 0 fully saturated rings. The Balaban J connectivity index is 4.33. The van der Waals surface area contributed by atoms with Crippen molar-refractivity contribution in [2.24, 2.45) is 11.5 Å². The summed E-state index contributed by atoms with van der Waals surface area (Å²) in [7, 11) is 0. The Hall–Kier alpha value is -1.67. The largest absolute Gasteiger partial charge is 0.480 e. The van der Waals surface area contributed by atoms with E-state index in [1.54, 1.807) is 0 Å². The molecule has 0 aromatic rings. The van der Waals surface area contributed by atoms with Crippen molar-refractivity contribution in [3.05, 3.63) is 0 Å². The Morgan fingerprint density at radius 1 is 1.33 bits per heavy atom. The van der Waals surface area contributed by atoms with E-state index in [1.165, 1.54) is 0 Å². The van der Waals surface area contributed by atoms with E-state index in [0.717, 1.165) is 0 Å². The maximum absolute atomic E-state index is 11.7. The summed E-state index contributed by atoms with van der Waals surface area (Å²) in [5, 5.41) is 13.1. The highest BCUT2D eigenvalue weighted by molar-refractivity contribution is 5.89. The van der Waals surface area contributed by atoms with Crippen LogP contribution in [0.25, 0.3) is 0 Å². The minimum Gasteiger partial charge on any atom is -0.480 e. The number of nitrogens with two attached hydrogens (primary N) is 2. The lowest BCUT2D eigenvalue weighted by molar-refractivity contribution is -0.138. The van der Waals surface area contributed by atoms with Gasteiger partial charge in [0.05, 0.1) is 6.54 Å². The van der Waals surface area contributed by atoms with Gasteiger partial charge in [0.25, 0.3) is 0 Å². The van der Waals surface area contributed by atoms with Gasteiger partial charge in [0, 0.05) is 0 Å². The van der Waals surface area contributed by atoms with Crippen LogP contribution in [-0.4, -0.2) is 48.6 Å². The Bertz CT molecular complexity index is 314. The minimum atomic E-state index is -1.16. The Morgan fingerprint density at radius 2 is 2.06 bits per heavy atom. The molecule has 7 N–H and O–H groups in total. The Kier molecular flexibility index (Phi) is 7.49. The van der Waals surface area contributed by atoms with E-state index in [9.17, 15) is 14.4 Å². The first-order valence-electron chi connectivity index (χ1n) is 6.14. The summed E-state index contributed by atoms with van der Waals surface area (Å²) in [6.07, 6.45) is 1.71. The molecule has 8 nitrogen and oxygen atoms in total. The van der Waals surface area contributed by atoms with E-state index in [4.69, 9.17) is 12.3 Å². The highest BCUT2D eigenvalue weighted by atomic mass is 16.4. The quantitative estimate of drug-likeness (QED) is 0.281. The van der Waals surface area contributed by atoms with Gasteiger partial charge in [-0.25, -0.2) is 0 Å². The van der Waals surface area contributed by atoms with E-state index >= 15 is 0 Å². The molecular formula is C10H20N4O4. The van der Waals surface area contributed by atoms with Gasteiger partial charge in [0.15, 0.2) is 0 Å². The molecule has 0 aromatic heterocycles. The van der Waals surface area contributed by atoms with Crippen molar-refractivity contribution in [1.29, 1.82) is 0 Å². The zero-order valence-electron chi connectivity index (χ0n) is 11.1. The third-order valence-electron chi connectivity index (χ3n) is 2.17. The molecule has 0 aromatic carbocycles. The topological polar surface area (TPSA) is 148 Å². The molecule has 0 unspecified atom stereocenters. The number of carboxylic acids is 1. The first-order valence-corrected chi connectivity index (χ1v) is 5.64. The second-order valence-electron chi connectivity index (χ2n) is 3.69. The molecule has 0 bridgehead atoms. The van der Waals surface area contributed by atoms with Gasteiger partial charge in [-0.3, -0.25) is 14.4 Å². The molecule has 18 heavy (non-hydrogen) atoms. The fraction of sp³-hybridized carbons (Fsp3) is 0.700. The molecule has 2 amide bonds. The van der Waals surface area contributed by atoms with Crippen LogP contribution >= 0.6 is 0 Å². The van der Waals surface area contributed by atoms with Gasteiger partial charge in [-0.05, 0) is 25.8 Å². The molecule has 0 radical (unpaired) electrons. The van der Waals surface area contributed by atoms with E-state index in [2.05, 4.69) is 10.6 Å². The lowest BCUT2D eigenvalue weighted by atomic mass is 10.1. The first-order chi connectivity index (χ1) is 9.01. The summed E-state index contributed by atoms with van der Waals surface area (Å²) < 4.78 is 6.68. The molecule has 8 heteroatoms. The summed E-state index contributed by atoms with van der Waals surface area (Å²) in [5.74, 6) is -2.22. The average molecular weight is 261 g/mol. The maximum atomic E-state index is 11.7. The molecule has 1 atom stereocenters. The molecule has 0 aliphatic heterocycles. The Morgan fingerprint density at radius 3 is 2.61 bits per heavy atom. The van der Waals surface area contributed by atoms with Crippen LogP contribution < -0.4 is 22.1 Å². The molecule has 0 rings (SSSR count). The molecule has 0 aliphatic carbocycles. The zero-order chi connectivity index (χ0) is 14.7. The van der Waals surface area contributed by atoms with Crippen LogP contribution in [0, 0.1) is 0 Å². The monoisotopic (exact) mass is 261 g/mol. The summed E-state index contributed by atoms with van der Waals surface area (Å²) in [5.41, 5.74) is 7.26. The standard InChI is InChI=1S/C10H20N4O4/c11-4-2-1-3-7(14-8(15)5-12)10(18)13-6-9(16)17/h7H,1-6,11-12H2,(H,13,18)(H,14,15)(H,16,17)/t7-/m0/s1/i/hD. The van der Waals surface area contributed by atoms with Gasteiger partial charge in [-0.1, -0.05) is 0 Å². The predicted molar refractivity (Wildman–Crippen MR) is 64.5 cm³/mol. The second-order valence-corrected chi connectivity index (χ2v) is 3.69. The number of carbonyl (C=O) groups is 3. The highest BCUT2D eigenvalue weighted by Gasteiger charge is 2.19. The Labute approximate surface area is 107 Å².